The van der Waals surface area contributed by atoms with Gasteiger partial charge >= 0.3 is 6.18 Å². The van der Waals surface area contributed by atoms with Crippen molar-refractivity contribution < 1.29 is 27.9 Å². The molecule has 0 aromatic rings. The summed E-state index contributed by atoms with van der Waals surface area (Å²) in [4.78, 5) is 25.1. The minimum atomic E-state index is -4.82. The molecule has 0 aromatic heterocycles. The van der Waals surface area contributed by atoms with Gasteiger partial charge in [0.15, 0.2) is 6.10 Å². The minimum absolute atomic E-state index is 0.0177. The zero-order valence-electron chi connectivity index (χ0n) is 12.2. The number of amides is 2. The van der Waals surface area contributed by atoms with E-state index in [0.29, 0.717) is 12.0 Å². The summed E-state index contributed by atoms with van der Waals surface area (Å²) in [6.07, 6.45) is -5.65. The van der Waals surface area contributed by atoms with Gasteiger partial charge in [-0.25, -0.2) is 0 Å². The lowest BCUT2D eigenvalue weighted by molar-refractivity contribution is -0.201. The van der Waals surface area contributed by atoms with Gasteiger partial charge in [0.1, 0.15) is 5.70 Å². The van der Waals surface area contributed by atoms with Crippen LogP contribution in [0.5, 0.6) is 0 Å². The molecule has 0 fully saturated rings. The van der Waals surface area contributed by atoms with Gasteiger partial charge in [-0.15, -0.1) is 0 Å². The van der Waals surface area contributed by atoms with E-state index >= 15 is 0 Å². The minimum Gasteiger partial charge on any atom is -0.394 e. The second-order valence-corrected chi connectivity index (χ2v) is 5.02. The van der Waals surface area contributed by atoms with Gasteiger partial charge in [0.2, 0.25) is 0 Å². The molecule has 1 unspecified atom stereocenters. The number of carbonyl (C=O) groups excluding carboxylic acids is 2. The standard InChI is InChI=1S/C13H18F3N3O3/c1-7(2)10(17)12(22)19-5-3-4-8(19)11(21)18-6-9(20)13(14,15)16/h4,9,20H,3,5-6,17H2,1-2H3,(H,18,21). The van der Waals surface area contributed by atoms with Crippen LogP contribution in [0.25, 0.3) is 0 Å². The number of nitrogens with two attached hydrogens (primary N) is 1. The van der Waals surface area contributed by atoms with Gasteiger partial charge < -0.3 is 21.1 Å². The van der Waals surface area contributed by atoms with Crippen molar-refractivity contribution in [3.63, 3.8) is 0 Å². The number of nitrogens with zero attached hydrogens (tertiary/aromatic N) is 1. The van der Waals surface area contributed by atoms with Crippen molar-refractivity contribution in [1.82, 2.24) is 10.2 Å². The van der Waals surface area contributed by atoms with Crippen molar-refractivity contribution in [1.29, 1.82) is 0 Å². The second kappa shape index (κ2) is 6.82. The van der Waals surface area contributed by atoms with Crippen molar-refractivity contribution in [2.45, 2.75) is 32.5 Å². The first kappa shape index (κ1) is 18.0. The highest BCUT2D eigenvalue weighted by molar-refractivity contribution is 6.02. The van der Waals surface area contributed by atoms with Crippen molar-refractivity contribution in [3.8, 4) is 0 Å². The van der Waals surface area contributed by atoms with Crippen LogP contribution in [0.4, 0.5) is 13.2 Å². The van der Waals surface area contributed by atoms with Crippen LogP contribution in [0.15, 0.2) is 23.0 Å². The summed E-state index contributed by atoms with van der Waals surface area (Å²) in [7, 11) is 0. The molecule has 6 nitrogen and oxygen atoms in total. The summed E-state index contributed by atoms with van der Waals surface area (Å²) in [6, 6.07) is 0. The summed E-state index contributed by atoms with van der Waals surface area (Å²) in [5, 5.41) is 10.8. The Labute approximate surface area is 125 Å². The SMILES string of the molecule is CC(C)=C(N)C(=O)N1CCC=C1C(=O)NCC(O)C(F)(F)F. The highest BCUT2D eigenvalue weighted by Gasteiger charge is 2.38. The smallest absolute Gasteiger partial charge is 0.394 e. The number of halogens is 3. The summed E-state index contributed by atoms with van der Waals surface area (Å²) in [5.74, 6) is -1.44. The Balaban J connectivity index is 2.73. The van der Waals surface area contributed by atoms with E-state index in [1.807, 2.05) is 5.32 Å². The van der Waals surface area contributed by atoms with E-state index in [4.69, 9.17) is 10.8 Å². The summed E-state index contributed by atoms with van der Waals surface area (Å²) in [5.41, 5.74) is 6.11. The fourth-order valence-electron chi connectivity index (χ4n) is 1.74. The molecule has 1 rings (SSSR count). The third kappa shape index (κ3) is 4.23. The molecule has 1 aliphatic rings. The average Bonchev–Trinajstić information content (AvgIpc) is 2.90. The Morgan fingerprint density at radius 3 is 2.55 bits per heavy atom. The monoisotopic (exact) mass is 321 g/mol. The molecule has 1 atom stereocenters. The molecule has 0 radical (unpaired) electrons. The van der Waals surface area contributed by atoms with Gasteiger partial charge in [0.05, 0.1) is 12.2 Å². The number of aliphatic hydroxyl groups is 1. The molecule has 0 saturated carbocycles. The Hall–Kier alpha value is -2.03. The van der Waals surface area contributed by atoms with Crippen molar-refractivity contribution in [2.75, 3.05) is 13.1 Å². The van der Waals surface area contributed by atoms with E-state index in [0.717, 1.165) is 4.90 Å². The molecule has 2 amide bonds. The highest BCUT2D eigenvalue weighted by Crippen LogP contribution is 2.20. The Morgan fingerprint density at radius 1 is 1.45 bits per heavy atom. The van der Waals surface area contributed by atoms with Crippen LogP contribution in [0.3, 0.4) is 0 Å². The lowest BCUT2D eigenvalue weighted by atomic mass is 10.2. The van der Waals surface area contributed by atoms with Crippen LogP contribution in [-0.4, -0.2) is 47.2 Å². The number of hydrogen-bond donors (Lipinski definition) is 3. The molecule has 0 aliphatic carbocycles. The number of aliphatic hydroxyl groups excluding tert-OH is 1. The predicted octanol–water partition coefficient (Wildman–Crippen LogP) is 0.395. The van der Waals surface area contributed by atoms with E-state index < -0.39 is 30.6 Å². The number of rotatable bonds is 4. The molecule has 1 aliphatic heterocycles. The number of alkyl halides is 3. The molecule has 124 valence electrons. The Kier molecular flexibility index (Phi) is 5.59. The predicted molar refractivity (Wildman–Crippen MR) is 72.0 cm³/mol. The zero-order valence-corrected chi connectivity index (χ0v) is 12.2. The van der Waals surface area contributed by atoms with E-state index in [2.05, 4.69) is 0 Å². The lowest BCUT2D eigenvalue weighted by Crippen LogP contribution is -2.44. The first-order valence-corrected chi connectivity index (χ1v) is 6.53. The third-order valence-electron chi connectivity index (χ3n) is 3.06. The topological polar surface area (TPSA) is 95.7 Å². The fraction of sp³-hybridized carbons (Fsp3) is 0.538. The van der Waals surface area contributed by atoms with E-state index in [9.17, 15) is 22.8 Å². The Morgan fingerprint density at radius 2 is 2.05 bits per heavy atom. The van der Waals surface area contributed by atoms with Gasteiger partial charge in [-0.3, -0.25) is 9.59 Å². The van der Waals surface area contributed by atoms with E-state index in [1.54, 1.807) is 13.8 Å². The molecule has 0 spiro atoms. The van der Waals surface area contributed by atoms with Crippen LogP contribution in [0, 0.1) is 0 Å². The van der Waals surface area contributed by atoms with Gasteiger partial charge in [-0.1, -0.05) is 6.08 Å². The maximum atomic E-state index is 12.2. The largest absolute Gasteiger partial charge is 0.416 e. The van der Waals surface area contributed by atoms with Crippen LogP contribution >= 0.6 is 0 Å². The normalized spacial score (nSPS) is 16.1. The third-order valence-corrected chi connectivity index (χ3v) is 3.06. The van der Waals surface area contributed by atoms with Crippen molar-refractivity contribution in [3.05, 3.63) is 23.0 Å². The van der Waals surface area contributed by atoms with Crippen molar-refractivity contribution >= 4 is 11.8 Å². The zero-order chi connectivity index (χ0) is 17.1. The molecule has 0 saturated heterocycles. The van der Waals surface area contributed by atoms with Gasteiger partial charge in [-0.05, 0) is 25.8 Å². The molecule has 4 N–H and O–H groups in total. The number of carbonyl (C=O) groups is 2. The van der Waals surface area contributed by atoms with Gasteiger partial charge in [0, 0.05) is 6.54 Å². The highest BCUT2D eigenvalue weighted by atomic mass is 19.4. The molecule has 0 bridgehead atoms. The van der Waals surface area contributed by atoms with E-state index in [-0.39, 0.29) is 17.9 Å². The van der Waals surface area contributed by atoms with Crippen LogP contribution in [-0.2, 0) is 9.59 Å². The summed E-state index contributed by atoms with van der Waals surface area (Å²) >= 11 is 0. The fourth-order valence-corrected chi connectivity index (χ4v) is 1.74. The summed E-state index contributed by atoms with van der Waals surface area (Å²) < 4.78 is 36.5. The second-order valence-electron chi connectivity index (χ2n) is 5.02. The number of allylic oxidation sites excluding steroid dienone is 1. The summed E-state index contributed by atoms with van der Waals surface area (Å²) in [6.45, 7) is 2.50. The first-order chi connectivity index (χ1) is 10.1. The lowest BCUT2D eigenvalue weighted by Gasteiger charge is -2.21. The van der Waals surface area contributed by atoms with Gasteiger partial charge in [0.25, 0.3) is 11.8 Å². The Bertz CT molecular complexity index is 522. The van der Waals surface area contributed by atoms with Crippen LogP contribution in [0.2, 0.25) is 0 Å². The molecular weight excluding hydrogens is 303 g/mol. The first-order valence-electron chi connectivity index (χ1n) is 6.53. The van der Waals surface area contributed by atoms with Gasteiger partial charge in [-0.2, -0.15) is 13.2 Å². The van der Waals surface area contributed by atoms with Crippen LogP contribution < -0.4 is 11.1 Å². The maximum absolute atomic E-state index is 12.2. The van der Waals surface area contributed by atoms with Crippen molar-refractivity contribution in [2.24, 2.45) is 5.73 Å². The molecule has 22 heavy (non-hydrogen) atoms. The quantitative estimate of drug-likeness (QED) is 0.653. The number of hydrogen-bond acceptors (Lipinski definition) is 4. The number of nitrogens with one attached hydrogen (secondary N) is 1. The molecular formula is C13H18F3N3O3. The van der Waals surface area contributed by atoms with E-state index in [1.165, 1.54) is 6.08 Å². The average molecular weight is 321 g/mol. The van der Waals surface area contributed by atoms with Crippen LogP contribution in [0.1, 0.15) is 20.3 Å². The molecule has 9 heteroatoms. The molecule has 0 aromatic carbocycles. The maximum Gasteiger partial charge on any atom is 0.416 e. The molecule has 1 heterocycles.